The average molecular weight is 1110 g/mol. The van der Waals surface area contributed by atoms with Crippen LogP contribution in [0, 0.1) is 17.8 Å². The highest BCUT2D eigenvalue weighted by Gasteiger charge is 2.49. The number of imide groups is 1. The van der Waals surface area contributed by atoms with Crippen LogP contribution in [0.25, 0.3) is 22.3 Å². The van der Waals surface area contributed by atoms with E-state index in [1.807, 2.05) is 47.7 Å². The minimum atomic E-state index is -1.65. The lowest BCUT2D eigenvalue weighted by atomic mass is 9.81. The van der Waals surface area contributed by atoms with Crippen LogP contribution in [-0.2, 0) is 95.5 Å². The number of esters is 1. The summed E-state index contributed by atoms with van der Waals surface area (Å²) < 4.78 is 31.1. The molecule has 4 N–H and O–H groups in total. The molecule has 23 nitrogen and oxygen atoms in total. The second-order valence-electron chi connectivity index (χ2n) is 19.1. The molecule has 1 saturated carbocycles. The highest BCUT2D eigenvalue weighted by Crippen LogP contribution is 2.42. The Morgan fingerprint density at radius 2 is 1.67 bits per heavy atom. The maximum atomic E-state index is 13.4. The van der Waals surface area contributed by atoms with E-state index in [0.717, 1.165) is 66.4 Å². The first-order valence-corrected chi connectivity index (χ1v) is 27.5. The second-order valence-corrected chi connectivity index (χ2v) is 19.8. The molecule has 4 aromatic rings. The summed E-state index contributed by atoms with van der Waals surface area (Å²) in [5.41, 5.74) is 3.33. The lowest BCUT2D eigenvalue weighted by Gasteiger charge is -2.34. The number of aryl methyl sites for hydroxylation is 2. The van der Waals surface area contributed by atoms with Crippen molar-refractivity contribution in [1.29, 1.82) is 0 Å². The van der Waals surface area contributed by atoms with E-state index < -0.39 is 11.6 Å². The van der Waals surface area contributed by atoms with Gasteiger partial charge in [-0.3, -0.25) is 47.9 Å². The summed E-state index contributed by atoms with van der Waals surface area (Å²) in [7, 11) is 3.12. The number of carbonyl (C=O) groups is 7. The highest BCUT2D eigenvalue weighted by atomic mass is 32.2. The third-order valence-electron chi connectivity index (χ3n) is 13.9. The minimum Gasteiger partial charge on any atom is -0.508 e. The molecule has 24 heteroatoms. The monoisotopic (exact) mass is 1110 g/mol. The normalized spacial score (nSPS) is 18.4. The van der Waals surface area contributed by atoms with E-state index in [0.29, 0.717) is 85.4 Å². The molecule has 1 saturated heterocycles. The third-order valence-corrected chi connectivity index (χ3v) is 14.6. The number of methoxy groups -OCH3 is 2. The number of nitrogens with one attached hydrogen (secondary N) is 3. The number of ether oxygens (including phenoxy) is 5. The molecular formula is C54H75N9O14S. The van der Waals surface area contributed by atoms with Crippen LogP contribution in [0.2, 0.25) is 0 Å². The Balaban J connectivity index is 0.000000218. The molecule has 1 aliphatic carbocycles. The van der Waals surface area contributed by atoms with Crippen molar-refractivity contribution >= 4 is 64.8 Å². The summed E-state index contributed by atoms with van der Waals surface area (Å²) in [6.45, 7) is 15.9. The lowest BCUT2D eigenvalue weighted by molar-refractivity contribution is -0.182. The van der Waals surface area contributed by atoms with Gasteiger partial charge in [-0.25, -0.2) is 9.78 Å². The molecule has 426 valence electrons. The molecule has 0 bridgehead atoms. The van der Waals surface area contributed by atoms with Gasteiger partial charge in [-0.05, 0) is 99.1 Å². The molecule has 8 rings (SSSR count). The van der Waals surface area contributed by atoms with Crippen LogP contribution in [-0.4, -0.2) is 129 Å². The number of amides is 5. The van der Waals surface area contributed by atoms with Crippen LogP contribution < -0.4 is 20.9 Å². The molecule has 2 atom stereocenters. The number of fused-ring (bicyclic) bond motifs is 5. The van der Waals surface area contributed by atoms with Gasteiger partial charge in [0.1, 0.15) is 37.2 Å². The summed E-state index contributed by atoms with van der Waals surface area (Å²) in [5.74, 6) is -0.216. The topological polar surface area (TPSA) is 291 Å². The number of hydrogen-bond donors (Lipinski definition) is 4. The van der Waals surface area contributed by atoms with Gasteiger partial charge in [0.05, 0.1) is 54.4 Å². The van der Waals surface area contributed by atoms with E-state index in [2.05, 4.69) is 25.7 Å². The number of likely N-dealkylation sites (tertiary alicyclic amines) is 1. The standard InChI is InChI=1S/C23H20N2O6.C17H25N5O3.C12H24N2O5S.C2H6/c1-3-13-14-7-12(27)5-6-18(14)24-20-15(13)9-25-19(20)8-17-16(21(25)28)10-30-22(29)23(17,4-2)31-11-26;1-2-21-11-14(19-20-21)9-18-17(25)13-5-3-12(4-6-13)10-22-15(23)7-8-16(22)24;1-9(2)10(5-17-3)13-11(15)6-19-7-12(16)14-20-8-18-4;1-2/h5-8,11,27H,3-4,9-10H2,1-2H3;11-13H,2-10H2,1H3,(H,18,25);9-10H,5-8H2,1-4H3,(H,13,15)(H,14,16);1-2H3. The summed E-state index contributed by atoms with van der Waals surface area (Å²) >= 11 is 1.12. The van der Waals surface area contributed by atoms with Crippen LogP contribution in [0.4, 0.5) is 0 Å². The maximum absolute atomic E-state index is 13.4. The Morgan fingerprint density at radius 1 is 0.962 bits per heavy atom. The molecular weight excluding hydrogens is 1030 g/mol. The first kappa shape index (κ1) is 62.1. The molecule has 2 unspecified atom stereocenters. The predicted octanol–water partition coefficient (Wildman–Crippen LogP) is 4.58. The first-order chi connectivity index (χ1) is 37.5. The van der Waals surface area contributed by atoms with Gasteiger partial charge in [0.25, 0.3) is 17.9 Å². The Morgan fingerprint density at radius 3 is 2.28 bits per heavy atom. The summed E-state index contributed by atoms with van der Waals surface area (Å²) in [6, 6.07) is 6.67. The number of hydrogen-bond acceptors (Lipinski definition) is 18. The number of rotatable bonds is 21. The zero-order chi connectivity index (χ0) is 57.1. The van der Waals surface area contributed by atoms with E-state index in [1.165, 1.54) is 12.0 Å². The fourth-order valence-corrected chi connectivity index (χ4v) is 10.1. The van der Waals surface area contributed by atoms with Crippen molar-refractivity contribution in [2.45, 2.75) is 138 Å². The molecule has 5 amide bonds. The zero-order valence-corrected chi connectivity index (χ0v) is 47.0. The summed E-state index contributed by atoms with van der Waals surface area (Å²) in [6.07, 6.45) is 6.71. The van der Waals surface area contributed by atoms with E-state index in [9.17, 15) is 43.5 Å². The van der Waals surface area contributed by atoms with Gasteiger partial charge in [0.15, 0.2) is 0 Å². The molecule has 0 spiro atoms. The number of phenolic OH excluding ortho intramolecular Hbond substituents is 1. The Labute approximate surface area is 458 Å². The van der Waals surface area contributed by atoms with E-state index in [-0.39, 0.29) is 91.4 Å². The molecule has 2 fully saturated rings. The Kier molecular flexibility index (Phi) is 23.7. The smallest absolute Gasteiger partial charge is 0.355 e. The fourth-order valence-electron chi connectivity index (χ4n) is 9.67. The van der Waals surface area contributed by atoms with Crippen molar-refractivity contribution in [3.05, 3.63) is 68.8 Å². The quantitative estimate of drug-likeness (QED) is 0.0195. The number of nitrogens with zero attached hydrogens (tertiary/aromatic N) is 6. The van der Waals surface area contributed by atoms with Crippen LogP contribution in [0.15, 0.2) is 35.3 Å². The molecule has 78 heavy (non-hydrogen) atoms. The molecule has 1 aromatic carbocycles. The van der Waals surface area contributed by atoms with Crippen LogP contribution in [0.3, 0.4) is 0 Å². The number of aromatic hydroxyl groups is 1. The van der Waals surface area contributed by atoms with Crippen LogP contribution >= 0.6 is 11.9 Å². The van der Waals surface area contributed by atoms with Gasteiger partial charge >= 0.3 is 5.97 Å². The summed E-state index contributed by atoms with van der Waals surface area (Å²) in [4.78, 5) is 102. The lowest BCUT2D eigenvalue weighted by Crippen LogP contribution is -2.46. The van der Waals surface area contributed by atoms with Crippen molar-refractivity contribution < 1.29 is 62.4 Å². The van der Waals surface area contributed by atoms with Crippen molar-refractivity contribution in [1.82, 2.24) is 44.8 Å². The largest absolute Gasteiger partial charge is 0.508 e. The van der Waals surface area contributed by atoms with Crippen LogP contribution in [0.1, 0.15) is 121 Å². The molecule has 6 heterocycles. The Hall–Kier alpha value is -6.76. The van der Waals surface area contributed by atoms with E-state index in [4.69, 9.17) is 28.7 Å². The van der Waals surface area contributed by atoms with Crippen molar-refractivity contribution in [3.63, 3.8) is 0 Å². The van der Waals surface area contributed by atoms with Crippen LogP contribution in [0.5, 0.6) is 5.75 Å². The number of phenols is 1. The number of cyclic esters (lactones) is 1. The van der Waals surface area contributed by atoms with E-state index in [1.54, 1.807) is 47.5 Å². The first-order valence-electron chi connectivity index (χ1n) is 26.5. The predicted molar refractivity (Wildman–Crippen MR) is 288 cm³/mol. The van der Waals surface area contributed by atoms with Gasteiger partial charge in [-0.2, -0.15) is 0 Å². The Bertz CT molecular complexity index is 2800. The SMILES string of the molecule is CC.CCc1c2c(nc3ccc(O)cc13)-c1cc3c(c(=O)n1C2)COC(=O)C3(CC)OC=O.CCn1cc(CNC(=O)C2CCC(CN3C(=O)CCC3=O)CC2)nn1.COCSNC(=O)COCC(=O)NC(COC)C(C)C. The van der Waals surface area contributed by atoms with Gasteiger partial charge in [-0.15, -0.1) is 5.10 Å². The molecule has 3 aromatic heterocycles. The second kappa shape index (κ2) is 29.8. The van der Waals surface area contributed by atoms with E-state index >= 15 is 0 Å². The van der Waals surface area contributed by atoms with Crippen molar-refractivity contribution in [2.24, 2.45) is 17.8 Å². The number of pyridine rings is 2. The zero-order valence-electron chi connectivity index (χ0n) is 46.1. The van der Waals surface area contributed by atoms with Crippen molar-refractivity contribution in [2.75, 3.05) is 46.5 Å². The average Bonchev–Trinajstić information content (AvgIpc) is 4.34. The van der Waals surface area contributed by atoms with Gasteiger partial charge in [0.2, 0.25) is 29.2 Å². The molecule has 4 aliphatic rings. The highest BCUT2D eigenvalue weighted by molar-refractivity contribution is 7.97. The number of carbonyl (C=O) groups excluding carboxylic acids is 7. The maximum Gasteiger partial charge on any atom is 0.355 e. The minimum absolute atomic E-state index is 0.00227. The fraction of sp³-hybridized carbons (Fsp3) is 0.574. The van der Waals surface area contributed by atoms with Gasteiger partial charge in [0, 0.05) is 62.6 Å². The van der Waals surface area contributed by atoms with Gasteiger partial charge < -0.3 is 44.0 Å². The molecule has 0 radical (unpaired) electrons. The third kappa shape index (κ3) is 15.3. The van der Waals surface area contributed by atoms with Gasteiger partial charge in [-0.1, -0.05) is 46.8 Å². The molecule has 3 aliphatic heterocycles. The number of benzene rings is 1. The summed E-state index contributed by atoms with van der Waals surface area (Å²) in [5, 5.41) is 24.5. The number of aromatic nitrogens is 5. The van der Waals surface area contributed by atoms with Crippen molar-refractivity contribution in [3.8, 4) is 17.1 Å².